The van der Waals surface area contributed by atoms with Gasteiger partial charge in [-0.15, -0.1) is 0 Å². The molecule has 20 heavy (non-hydrogen) atoms. The molecule has 104 valence electrons. The van der Waals surface area contributed by atoms with Gasteiger partial charge in [0.2, 0.25) is 5.88 Å². The highest BCUT2D eigenvalue weighted by atomic mass is 35.5. The van der Waals surface area contributed by atoms with Crippen molar-refractivity contribution >= 4 is 23.3 Å². The number of nitrogen functional groups attached to an aromatic ring is 1. The number of nitrogens with two attached hydrogens (primary N) is 1. The number of anilines is 1. The highest BCUT2D eigenvalue weighted by Gasteiger charge is 2.20. The standard InChI is InChI=1S/C13H10ClFN2O3/c1-19-13(18)11-8(15)3-2-4-10(11)20-12-9(16)5-7(14)6-17-12/h2-6H,16H2,1H3. The number of methoxy groups -OCH3 is 1. The van der Waals surface area contributed by atoms with Gasteiger partial charge in [-0.1, -0.05) is 17.7 Å². The lowest BCUT2D eigenvalue weighted by molar-refractivity contribution is 0.0592. The number of ether oxygens (including phenoxy) is 2. The second-order valence-corrected chi connectivity index (χ2v) is 4.19. The van der Waals surface area contributed by atoms with Gasteiger partial charge >= 0.3 is 5.97 Å². The fourth-order valence-corrected chi connectivity index (χ4v) is 1.69. The van der Waals surface area contributed by atoms with E-state index in [1.54, 1.807) is 0 Å². The van der Waals surface area contributed by atoms with Crippen LogP contribution in [0.4, 0.5) is 10.1 Å². The molecule has 1 heterocycles. The van der Waals surface area contributed by atoms with Crippen molar-refractivity contribution in [3.63, 3.8) is 0 Å². The second-order valence-electron chi connectivity index (χ2n) is 3.75. The summed E-state index contributed by atoms with van der Waals surface area (Å²) >= 11 is 5.72. The lowest BCUT2D eigenvalue weighted by Gasteiger charge is -2.11. The molecule has 0 bridgehead atoms. The third-order valence-electron chi connectivity index (χ3n) is 2.42. The Labute approximate surface area is 119 Å². The van der Waals surface area contributed by atoms with Gasteiger partial charge in [0, 0.05) is 6.20 Å². The molecule has 2 N–H and O–H groups in total. The average Bonchev–Trinajstić information content (AvgIpc) is 2.41. The zero-order chi connectivity index (χ0) is 14.7. The molecule has 2 aromatic rings. The van der Waals surface area contributed by atoms with Crippen molar-refractivity contribution in [2.24, 2.45) is 0 Å². The molecule has 0 atom stereocenters. The van der Waals surface area contributed by atoms with Gasteiger partial charge in [0.1, 0.15) is 17.1 Å². The molecule has 2 rings (SSSR count). The topological polar surface area (TPSA) is 74.4 Å². The third kappa shape index (κ3) is 2.80. The molecule has 0 spiro atoms. The summed E-state index contributed by atoms with van der Waals surface area (Å²) in [6.07, 6.45) is 1.32. The van der Waals surface area contributed by atoms with Crippen LogP contribution < -0.4 is 10.5 Å². The molecule has 1 aromatic heterocycles. The first-order valence-corrected chi connectivity index (χ1v) is 5.86. The molecule has 5 nitrogen and oxygen atoms in total. The van der Waals surface area contributed by atoms with Crippen LogP contribution in [-0.4, -0.2) is 18.1 Å². The van der Waals surface area contributed by atoms with Crippen LogP contribution in [0.5, 0.6) is 11.6 Å². The van der Waals surface area contributed by atoms with E-state index in [-0.39, 0.29) is 22.9 Å². The molecule has 0 saturated heterocycles. The number of pyridine rings is 1. The van der Waals surface area contributed by atoms with Crippen molar-refractivity contribution in [3.05, 3.63) is 46.9 Å². The maximum atomic E-state index is 13.7. The van der Waals surface area contributed by atoms with Crippen LogP contribution in [0.25, 0.3) is 0 Å². The average molecular weight is 297 g/mol. The number of nitrogens with zero attached hydrogens (tertiary/aromatic N) is 1. The molecule has 0 unspecified atom stereocenters. The maximum absolute atomic E-state index is 13.7. The van der Waals surface area contributed by atoms with E-state index in [0.717, 1.165) is 13.2 Å². The van der Waals surface area contributed by atoms with Gasteiger partial charge in [0.25, 0.3) is 0 Å². The van der Waals surface area contributed by atoms with E-state index < -0.39 is 11.8 Å². The van der Waals surface area contributed by atoms with E-state index in [9.17, 15) is 9.18 Å². The van der Waals surface area contributed by atoms with Crippen molar-refractivity contribution in [3.8, 4) is 11.6 Å². The molecular formula is C13H10ClFN2O3. The van der Waals surface area contributed by atoms with Crippen LogP contribution in [0.15, 0.2) is 30.5 Å². The summed E-state index contributed by atoms with van der Waals surface area (Å²) in [5.41, 5.74) is 5.52. The summed E-state index contributed by atoms with van der Waals surface area (Å²) in [5.74, 6) is -1.64. The summed E-state index contributed by atoms with van der Waals surface area (Å²) in [6.45, 7) is 0. The molecule has 0 saturated carbocycles. The Hall–Kier alpha value is -2.34. The zero-order valence-electron chi connectivity index (χ0n) is 10.4. The number of halogens is 2. The van der Waals surface area contributed by atoms with E-state index >= 15 is 0 Å². The number of carbonyl (C=O) groups is 1. The number of hydrogen-bond acceptors (Lipinski definition) is 5. The van der Waals surface area contributed by atoms with Crippen molar-refractivity contribution in [2.45, 2.75) is 0 Å². The van der Waals surface area contributed by atoms with Crippen LogP contribution in [-0.2, 0) is 4.74 Å². The quantitative estimate of drug-likeness (QED) is 0.881. The normalized spacial score (nSPS) is 10.2. The van der Waals surface area contributed by atoms with Gasteiger partial charge in [0.05, 0.1) is 17.8 Å². The number of carbonyl (C=O) groups excluding carboxylic acids is 1. The van der Waals surface area contributed by atoms with E-state index in [1.807, 2.05) is 0 Å². The summed E-state index contributed by atoms with van der Waals surface area (Å²) in [4.78, 5) is 15.4. The highest BCUT2D eigenvalue weighted by molar-refractivity contribution is 6.30. The predicted octanol–water partition coefficient (Wildman–Crippen LogP) is 3.04. The number of benzene rings is 1. The minimum Gasteiger partial charge on any atom is -0.465 e. The Bertz CT molecular complexity index is 664. The Morgan fingerprint density at radius 1 is 1.45 bits per heavy atom. The Kier molecular flexibility index (Phi) is 4.05. The van der Waals surface area contributed by atoms with Crippen LogP contribution in [0.3, 0.4) is 0 Å². The first-order chi connectivity index (χ1) is 9.52. The minimum atomic E-state index is -0.856. The largest absolute Gasteiger partial charge is 0.465 e. The van der Waals surface area contributed by atoms with Crippen molar-refractivity contribution in [1.29, 1.82) is 0 Å². The first-order valence-electron chi connectivity index (χ1n) is 5.48. The highest BCUT2D eigenvalue weighted by Crippen LogP contribution is 2.30. The fourth-order valence-electron chi connectivity index (χ4n) is 1.52. The number of hydrogen-bond donors (Lipinski definition) is 1. The second kappa shape index (κ2) is 5.75. The lowest BCUT2D eigenvalue weighted by Crippen LogP contribution is -2.07. The van der Waals surface area contributed by atoms with Gasteiger partial charge in [-0.2, -0.15) is 0 Å². The third-order valence-corrected chi connectivity index (χ3v) is 2.62. The predicted molar refractivity (Wildman–Crippen MR) is 71.5 cm³/mol. The van der Waals surface area contributed by atoms with Gasteiger partial charge in [-0.05, 0) is 18.2 Å². The van der Waals surface area contributed by atoms with Gasteiger partial charge in [0.15, 0.2) is 0 Å². The molecule has 0 aliphatic rings. The fraction of sp³-hybridized carbons (Fsp3) is 0.0769. The van der Waals surface area contributed by atoms with Crippen LogP contribution in [0, 0.1) is 5.82 Å². The van der Waals surface area contributed by atoms with Gasteiger partial charge in [-0.25, -0.2) is 14.2 Å². The number of aromatic nitrogens is 1. The molecule has 0 aliphatic heterocycles. The molecule has 0 fully saturated rings. The Morgan fingerprint density at radius 2 is 2.20 bits per heavy atom. The van der Waals surface area contributed by atoms with Gasteiger partial charge < -0.3 is 15.2 Å². The number of esters is 1. The first kappa shape index (κ1) is 14.1. The molecule has 0 amide bonds. The van der Waals surface area contributed by atoms with Crippen molar-refractivity contribution in [1.82, 2.24) is 4.98 Å². The lowest BCUT2D eigenvalue weighted by atomic mass is 10.2. The summed E-state index contributed by atoms with van der Waals surface area (Å²) < 4.78 is 23.6. The number of rotatable bonds is 3. The van der Waals surface area contributed by atoms with E-state index in [2.05, 4.69) is 9.72 Å². The van der Waals surface area contributed by atoms with Crippen LogP contribution >= 0.6 is 11.6 Å². The van der Waals surface area contributed by atoms with Gasteiger partial charge in [-0.3, -0.25) is 0 Å². The maximum Gasteiger partial charge on any atom is 0.344 e. The summed E-state index contributed by atoms with van der Waals surface area (Å²) in [5, 5.41) is 0.335. The van der Waals surface area contributed by atoms with Crippen LogP contribution in [0.2, 0.25) is 5.02 Å². The molecule has 1 aromatic carbocycles. The van der Waals surface area contributed by atoms with Crippen molar-refractivity contribution in [2.75, 3.05) is 12.8 Å². The minimum absolute atomic E-state index is 0.0187. The zero-order valence-corrected chi connectivity index (χ0v) is 11.1. The smallest absolute Gasteiger partial charge is 0.344 e. The van der Waals surface area contributed by atoms with Crippen molar-refractivity contribution < 1.29 is 18.7 Å². The SMILES string of the molecule is COC(=O)c1c(F)cccc1Oc1ncc(Cl)cc1N. The molecule has 0 aliphatic carbocycles. The molecular weight excluding hydrogens is 287 g/mol. The summed E-state index contributed by atoms with van der Waals surface area (Å²) in [7, 11) is 1.15. The van der Waals surface area contributed by atoms with E-state index in [1.165, 1.54) is 24.4 Å². The van der Waals surface area contributed by atoms with E-state index in [4.69, 9.17) is 22.1 Å². The Balaban J connectivity index is 2.43. The molecule has 7 heteroatoms. The monoisotopic (exact) mass is 296 g/mol. The van der Waals surface area contributed by atoms with E-state index in [0.29, 0.717) is 5.02 Å². The van der Waals surface area contributed by atoms with Crippen LogP contribution in [0.1, 0.15) is 10.4 Å². The summed E-state index contributed by atoms with van der Waals surface area (Å²) in [6, 6.07) is 5.35. The molecule has 0 radical (unpaired) electrons. The Morgan fingerprint density at radius 3 is 2.85 bits per heavy atom.